The van der Waals surface area contributed by atoms with Gasteiger partial charge in [-0.3, -0.25) is 19.3 Å². The Morgan fingerprint density at radius 3 is 2.77 bits per heavy atom. The highest BCUT2D eigenvalue weighted by Crippen LogP contribution is 2.20. The number of amides is 2. The Morgan fingerprint density at radius 2 is 2.05 bits per heavy atom. The Kier molecular flexibility index (Phi) is 3.62. The summed E-state index contributed by atoms with van der Waals surface area (Å²) in [5, 5.41) is 0. The first-order chi connectivity index (χ1) is 10.6. The molecule has 0 aliphatic carbocycles. The largest absolute Gasteiger partial charge is 0.463 e. The average molecular weight is 303 g/mol. The highest BCUT2D eigenvalue weighted by atomic mass is 16.6. The Labute approximate surface area is 125 Å². The summed E-state index contributed by atoms with van der Waals surface area (Å²) in [5.74, 6) is -2.40. The molecule has 0 aromatic heterocycles. The zero-order valence-corrected chi connectivity index (χ0v) is 11.6. The summed E-state index contributed by atoms with van der Waals surface area (Å²) in [6.45, 7) is -0.304. The van der Waals surface area contributed by atoms with Crippen molar-refractivity contribution in [3.63, 3.8) is 0 Å². The van der Waals surface area contributed by atoms with Crippen molar-refractivity contribution >= 4 is 23.8 Å². The SMILES string of the molecule is O=C(CN1C(=O)Cc2ccccc2C1=O)O[C@H]1CCOC1=O. The van der Waals surface area contributed by atoms with E-state index in [1.54, 1.807) is 24.3 Å². The van der Waals surface area contributed by atoms with Gasteiger partial charge in [0.25, 0.3) is 5.91 Å². The van der Waals surface area contributed by atoms with Crippen LogP contribution in [0, 0.1) is 0 Å². The second-order valence-corrected chi connectivity index (χ2v) is 5.05. The molecule has 1 atom stereocenters. The van der Waals surface area contributed by atoms with Gasteiger partial charge in [0.2, 0.25) is 12.0 Å². The highest BCUT2D eigenvalue weighted by molar-refractivity contribution is 6.11. The number of esters is 2. The number of benzene rings is 1. The van der Waals surface area contributed by atoms with Crippen molar-refractivity contribution in [3.05, 3.63) is 35.4 Å². The van der Waals surface area contributed by atoms with Gasteiger partial charge in [-0.2, -0.15) is 0 Å². The molecule has 2 amide bonds. The van der Waals surface area contributed by atoms with Crippen LogP contribution in [0.3, 0.4) is 0 Å². The zero-order chi connectivity index (χ0) is 15.7. The first kappa shape index (κ1) is 14.2. The van der Waals surface area contributed by atoms with Crippen LogP contribution in [0.5, 0.6) is 0 Å². The number of hydrogen-bond acceptors (Lipinski definition) is 6. The molecule has 0 radical (unpaired) electrons. The lowest BCUT2D eigenvalue weighted by atomic mass is 9.98. The van der Waals surface area contributed by atoms with Crippen LogP contribution in [0.15, 0.2) is 24.3 Å². The van der Waals surface area contributed by atoms with Crippen LogP contribution >= 0.6 is 0 Å². The van der Waals surface area contributed by atoms with E-state index >= 15 is 0 Å². The van der Waals surface area contributed by atoms with Crippen LogP contribution in [0.4, 0.5) is 0 Å². The van der Waals surface area contributed by atoms with E-state index in [0.29, 0.717) is 11.1 Å². The minimum Gasteiger partial charge on any atom is -0.463 e. The maximum Gasteiger partial charge on any atom is 0.347 e. The maximum atomic E-state index is 12.3. The number of fused-ring (bicyclic) bond motifs is 1. The lowest BCUT2D eigenvalue weighted by Gasteiger charge is -2.26. The van der Waals surface area contributed by atoms with E-state index in [4.69, 9.17) is 4.74 Å². The number of hydrogen-bond donors (Lipinski definition) is 0. The second kappa shape index (κ2) is 5.59. The molecule has 0 bridgehead atoms. The molecule has 1 fully saturated rings. The van der Waals surface area contributed by atoms with Crippen LogP contribution in [0.1, 0.15) is 22.3 Å². The van der Waals surface area contributed by atoms with Crippen LogP contribution < -0.4 is 0 Å². The molecule has 0 spiro atoms. The molecule has 2 aliphatic heterocycles. The topological polar surface area (TPSA) is 90.0 Å². The first-order valence-electron chi connectivity index (χ1n) is 6.85. The number of nitrogens with zero attached hydrogens (tertiary/aromatic N) is 1. The lowest BCUT2D eigenvalue weighted by Crippen LogP contribution is -2.46. The monoisotopic (exact) mass is 303 g/mol. The summed E-state index contributed by atoms with van der Waals surface area (Å²) in [6.07, 6.45) is -0.606. The number of carbonyl (C=O) groups is 4. The van der Waals surface area contributed by atoms with Gasteiger partial charge < -0.3 is 9.47 Å². The molecular formula is C15H13NO6. The average Bonchev–Trinajstić information content (AvgIpc) is 2.89. The van der Waals surface area contributed by atoms with Crippen molar-refractivity contribution in [1.29, 1.82) is 0 Å². The van der Waals surface area contributed by atoms with Crippen molar-refractivity contribution in [2.75, 3.05) is 13.2 Å². The standard InChI is InChI=1S/C15H13NO6/c17-12-7-9-3-1-2-4-10(9)14(19)16(12)8-13(18)22-11-5-6-21-15(11)20/h1-4,11H,5-8H2/t11-/m0/s1. The third-order valence-corrected chi connectivity index (χ3v) is 3.58. The van der Waals surface area contributed by atoms with E-state index in [1.807, 2.05) is 0 Å². The molecule has 1 aromatic rings. The van der Waals surface area contributed by atoms with Gasteiger partial charge in [0, 0.05) is 12.0 Å². The maximum absolute atomic E-state index is 12.3. The molecule has 0 unspecified atom stereocenters. The molecule has 0 N–H and O–H groups in total. The minimum absolute atomic E-state index is 0.0562. The molecule has 3 rings (SSSR count). The molecule has 22 heavy (non-hydrogen) atoms. The van der Waals surface area contributed by atoms with Crippen LogP contribution in [-0.4, -0.2) is 47.9 Å². The fraction of sp³-hybridized carbons (Fsp3) is 0.333. The molecule has 114 valence electrons. The van der Waals surface area contributed by atoms with Gasteiger partial charge in [0.15, 0.2) is 0 Å². The Bertz CT molecular complexity index is 668. The molecule has 2 aliphatic rings. The minimum atomic E-state index is -0.949. The predicted molar refractivity (Wildman–Crippen MR) is 71.6 cm³/mol. The van der Waals surface area contributed by atoms with E-state index in [9.17, 15) is 19.2 Å². The Balaban J connectivity index is 1.70. The summed E-state index contributed by atoms with van der Waals surface area (Å²) >= 11 is 0. The van der Waals surface area contributed by atoms with E-state index < -0.39 is 36.4 Å². The number of imide groups is 1. The van der Waals surface area contributed by atoms with Crippen LogP contribution in [0.2, 0.25) is 0 Å². The summed E-state index contributed by atoms with van der Waals surface area (Å²) < 4.78 is 9.63. The summed E-state index contributed by atoms with van der Waals surface area (Å²) in [7, 11) is 0. The van der Waals surface area contributed by atoms with Crippen molar-refractivity contribution in [2.45, 2.75) is 18.9 Å². The highest BCUT2D eigenvalue weighted by Gasteiger charge is 2.35. The fourth-order valence-electron chi connectivity index (χ4n) is 2.47. The first-order valence-corrected chi connectivity index (χ1v) is 6.85. The quantitative estimate of drug-likeness (QED) is 0.580. The molecule has 0 saturated carbocycles. The smallest absolute Gasteiger partial charge is 0.347 e. The molecule has 1 saturated heterocycles. The molecule has 1 aromatic carbocycles. The Hall–Kier alpha value is -2.70. The van der Waals surface area contributed by atoms with Crippen molar-refractivity contribution < 1.29 is 28.7 Å². The van der Waals surface area contributed by atoms with Crippen LogP contribution in [-0.2, 0) is 30.3 Å². The van der Waals surface area contributed by atoms with Gasteiger partial charge in [-0.1, -0.05) is 18.2 Å². The van der Waals surface area contributed by atoms with Crippen molar-refractivity contribution in [3.8, 4) is 0 Å². The zero-order valence-electron chi connectivity index (χ0n) is 11.6. The summed E-state index contributed by atoms with van der Waals surface area (Å²) in [5.41, 5.74) is 1.04. The Morgan fingerprint density at radius 1 is 1.27 bits per heavy atom. The summed E-state index contributed by atoms with van der Waals surface area (Å²) in [6, 6.07) is 6.75. The van der Waals surface area contributed by atoms with E-state index in [0.717, 1.165) is 4.90 Å². The van der Waals surface area contributed by atoms with E-state index in [2.05, 4.69) is 4.74 Å². The summed E-state index contributed by atoms with van der Waals surface area (Å²) in [4.78, 5) is 48.2. The number of rotatable bonds is 3. The molecule has 7 heteroatoms. The molecule has 7 nitrogen and oxygen atoms in total. The van der Waals surface area contributed by atoms with Crippen molar-refractivity contribution in [1.82, 2.24) is 4.90 Å². The fourth-order valence-corrected chi connectivity index (χ4v) is 2.47. The van der Waals surface area contributed by atoms with E-state index in [1.165, 1.54) is 0 Å². The predicted octanol–water partition coefficient (Wildman–Crippen LogP) is 0.0702. The van der Waals surface area contributed by atoms with Gasteiger partial charge in [-0.25, -0.2) is 4.79 Å². The number of ether oxygens (including phenoxy) is 2. The number of carbonyl (C=O) groups excluding carboxylic acids is 4. The van der Waals surface area contributed by atoms with Gasteiger partial charge in [0.05, 0.1) is 13.0 Å². The third-order valence-electron chi connectivity index (χ3n) is 3.58. The van der Waals surface area contributed by atoms with Gasteiger partial charge in [-0.15, -0.1) is 0 Å². The molecular weight excluding hydrogens is 290 g/mol. The number of cyclic esters (lactones) is 1. The molecule has 2 heterocycles. The van der Waals surface area contributed by atoms with Crippen molar-refractivity contribution in [2.24, 2.45) is 0 Å². The van der Waals surface area contributed by atoms with Gasteiger partial charge in [0.1, 0.15) is 6.54 Å². The third kappa shape index (κ3) is 2.57. The lowest BCUT2D eigenvalue weighted by molar-refractivity contribution is -0.161. The van der Waals surface area contributed by atoms with E-state index in [-0.39, 0.29) is 19.4 Å². The van der Waals surface area contributed by atoms with Gasteiger partial charge in [-0.05, 0) is 11.6 Å². The van der Waals surface area contributed by atoms with Crippen LogP contribution in [0.25, 0.3) is 0 Å². The second-order valence-electron chi connectivity index (χ2n) is 5.05. The normalized spacial score (nSPS) is 20.6. The van der Waals surface area contributed by atoms with Gasteiger partial charge >= 0.3 is 11.9 Å².